The molecule has 0 saturated heterocycles. The van der Waals surface area contributed by atoms with Crippen LogP contribution in [0.3, 0.4) is 0 Å². The van der Waals surface area contributed by atoms with Crippen molar-refractivity contribution in [2.24, 2.45) is 0 Å². The number of halogens is 1. The van der Waals surface area contributed by atoms with Crippen LogP contribution in [0.25, 0.3) is 6.08 Å². The molecule has 26 heavy (non-hydrogen) atoms. The van der Waals surface area contributed by atoms with Gasteiger partial charge in [0.15, 0.2) is 5.71 Å². The summed E-state index contributed by atoms with van der Waals surface area (Å²) in [5.41, 5.74) is 6.08. The molecule has 0 radical (unpaired) electrons. The van der Waals surface area contributed by atoms with Crippen molar-refractivity contribution in [3.63, 3.8) is 0 Å². The number of fused-ring (bicyclic) bond motifs is 1. The van der Waals surface area contributed by atoms with Crippen LogP contribution in [0, 0.1) is 0 Å². The third-order valence-corrected chi connectivity index (χ3v) is 5.23. The summed E-state index contributed by atoms with van der Waals surface area (Å²) >= 11 is 0. The first-order chi connectivity index (χ1) is 11.8. The van der Waals surface area contributed by atoms with E-state index in [0.29, 0.717) is 0 Å². The summed E-state index contributed by atoms with van der Waals surface area (Å²) in [6.45, 7) is 6.31. The number of hydrogen-bond donors (Lipinski definition) is 1. The summed E-state index contributed by atoms with van der Waals surface area (Å²) in [6.07, 6.45) is 3.88. The number of aliphatic hydroxyl groups is 1. The molecular formula is C22H27ClN2O. The summed E-state index contributed by atoms with van der Waals surface area (Å²) in [5.74, 6) is 0. The first kappa shape index (κ1) is 20.2. The molecule has 1 heterocycles. The zero-order valence-corrected chi connectivity index (χ0v) is 16.8. The fourth-order valence-electron chi connectivity index (χ4n) is 3.51. The predicted octanol–water partition coefficient (Wildman–Crippen LogP) is 1.18. The normalized spacial score (nSPS) is 16.4. The highest BCUT2D eigenvalue weighted by atomic mass is 35.5. The largest absolute Gasteiger partial charge is 1.00 e. The van der Waals surface area contributed by atoms with Gasteiger partial charge in [0.25, 0.3) is 0 Å². The van der Waals surface area contributed by atoms with E-state index in [1.807, 2.05) is 24.1 Å². The van der Waals surface area contributed by atoms with Crippen LogP contribution in [0.1, 0.15) is 31.9 Å². The van der Waals surface area contributed by atoms with Crippen molar-refractivity contribution in [2.45, 2.75) is 32.4 Å². The van der Waals surface area contributed by atoms with Crippen LogP contribution in [-0.4, -0.2) is 35.7 Å². The smallest absolute Gasteiger partial charge is 0.209 e. The van der Waals surface area contributed by atoms with Gasteiger partial charge in [0.1, 0.15) is 13.3 Å². The number of benzene rings is 2. The fraction of sp³-hybridized carbons (Fsp3) is 0.318. The Hall–Kier alpha value is -2.10. The second kappa shape index (κ2) is 7.65. The molecule has 1 aliphatic heterocycles. The minimum Gasteiger partial charge on any atom is -1.00 e. The van der Waals surface area contributed by atoms with E-state index in [9.17, 15) is 5.11 Å². The number of nitrogens with zero attached hydrogens (tertiary/aromatic N) is 2. The van der Waals surface area contributed by atoms with Crippen molar-refractivity contribution in [3.05, 3.63) is 65.7 Å². The van der Waals surface area contributed by atoms with Gasteiger partial charge in [-0.05, 0) is 44.5 Å². The van der Waals surface area contributed by atoms with Crippen LogP contribution in [0.4, 0.5) is 11.4 Å². The van der Waals surface area contributed by atoms with Crippen LogP contribution >= 0.6 is 0 Å². The van der Waals surface area contributed by atoms with Gasteiger partial charge in [-0.1, -0.05) is 30.3 Å². The Morgan fingerprint density at radius 2 is 1.65 bits per heavy atom. The Kier molecular flexibility index (Phi) is 5.94. The van der Waals surface area contributed by atoms with Crippen LogP contribution in [0.5, 0.6) is 0 Å². The molecule has 0 amide bonds. The molecule has 3 nitrogen and oxygen atoms in total. The second-order valence-electron chi connectivity index (χ2n) is 7.25. The Morgan fingerprint density at radius 3 is 2.23 bits per heavy atom. The van der Waals surface area contributed by atoms with Gasteiger partial charge in [0.2, 0.25) is 5.69 Å². The SMILES string of the molecule is CC(O)N(C)c1ccc(/C=C/C2=[N+](C)c3ccccc3C2(C)C)cc1.[Cl-]. The molecule has 1 N–H and O–H groups in total. The first-order valence-electron chi connectivity index (χ1n) is 8.72. The lowest BCUT2D eigenvalue weighted by Crippen LogP contribution is -3.00. The minimum atomic E-state index is -0.497. The van der Waals surface area contributed by atoms with Gasteiger partial charge in [0.05, 0.1) is 5.41 Å². The second-order valence-corrected chi connectivity index (χ2v) is 7.25. The molecule has 1 aliphatic rings. The lowest BCUT2D eigenvalue weighted by atomic mass is 9.81. The molecule has 1 atom stereocenters. The first-order valence-corrected chi connectivity index (χ1v) is 8.72. The summed E-state index contributed by atoms with van der Waals surface area (Å²) in [5, 5.41) is 9.67. The number of rotatable bonds is 4. The molecular weight excluding hydrogens is 344 g/mol. The molecule has 3 rings (SSSR count). The maximum absolute atomic E-state index is 9.67. The van der Waals surface area contributed by atoms with E-state index in [1.54, 1.807) is 6.92 Å². The van der Waals surface area contributed by atoms with Crippen molar-refractivity contribution in [1.82, 2.24) is 0 Å². The van der Waals surface area contributed by atoms with Gasteiger partial charge in [0, 0.05) is 30.4 Å². The highest BCUT2D eigenvalue weighted by Gasteiger charge is 2.42. The van der Waals surface area contributed by atoms with E-state index in [-0.39, 0.29) is 17.8 Å². The van der Waals surface area contributed by atoms with Crippen molar-refractivity contribution in [1.29, 1.82) is 0 Å². The molecule has 0 aromatic heterocycles. The number of anilines is 1. The zero-order chi connectivity index (χ0) is 18.2. The zero-order valence-electron chi connectivity index (χ0n) is 16.1. The average Bonchev–Trinajstić information content (AvgIpc) is 2.80. The van der Waals surface area contributed by atoms with Crippen LogP contribution < -0.4 is 17.3 Å². The van der Waals surface area contributed by atoms with E-state index in [2.05, 4.69) is 74.0 Å². The summed E-state index contributed by atoms with van der Waals surface area (Å²) in [4.78, 5) is 1.84. The van der Waals surface area contributed by atoms with Gasteiger partial charge >= 0.3 is 0 Å². The van der Waals surface area contributed by atoms with Gasteiger partial charge in [-0.3, -0.25) is 0 Å². The summed E-state index contributed by atoms with van der Waals surface area (Å²) in [7, 11) is 4.02. The van der Waals surface area contributed by atoms with Crippen LogP contribution in [0.2, 0.25) is 0 Å². The van der Waals surface area contributed by atoms with E-state index in [4.69, 9.17) is 0 Å². The predicted molar refractivity (Wildman–Crippen MR) is 106 cm³/mol. The summed E-state index contributed by atoms with van der Waals surface area (Å²) in [6, 6.07) is 16.8. The Labute approximate surface area is 162 Å². The quantitative estimate of drug-likeness (QED) is 0.646. The molecule has 0 spiro atoms. The number of hydrogen-bond acceptors (Lipinski definition) is 2. The Balaban J connectivity index is 0.00000243. The topological polar surface area (TPSA) is 26.5 Å². The Morgan fingerprint density at radius 1 is 1.04 bits per heavy atom. The fourth-order valence-corrected chi connectivity index (χ4v) is 3.51. The van der Waals surface area contributed by atoms with Crippen molar-refractivity contribution in [2.75, 3.05) is 19.0 Å². The Bertz CT molecular complexity index is 835. The monoisotopic (exact) mass is 370 g/mol. The highest BCUT2D eigenvalue weighted by molar-refractivity contribution is 6.05. The molecule has 1 unspecified atom stereocenters. The summed E-state index contributed by atoms with van der Waals surface area (Å²) < 4.78 is 2.28. The standard InChI is InChI=1S/C22H27N2O.ClH/c1-16(25)23(4)18-13-10-17(11-14-18)12-15-21-22(2,3)19-8-6-7-9-20(19)24(21)5;/h6-16,25H,1-5H3;1H/q+1;/p-1. The molecule has 0 fully saturated rings. The van der Waals surface area contributed by atoms with Gasteiger partial charge in [-0.15, -0.1) is 0 Å². The minimum absolute atomic E-state index is 0. The van der Waals surface area contributed by atoms with Crippen molar-refractivity contribution in [3.8, 4) is 0 Å². The number of allylic oxidation sites excluding steroid dienone is 1. The van der Waals surface area contributed by atoms with Crippen LogP contribution in [0.15, 0.2) is 54.6 Å². The van der Waals surface area contributed by atoms with E-state index in [0.717, 1.165) is 11.3 Å². The van der Waals surface area contributed by atoms with E-state index >= 15 is 0 Å². The van der Waals surface area contributed by atoms with E-state index < -0.39 is 6.23 Å². The molecule has 0 saturated carbocycles. The van der Waals surface area contributed by atoms with Crippen molar-refractivity contribution >= 4 is 23.2 Å². The maximum atomic E-state index is 9.67. The third kappa shape index (κ3) is 3.55. The number of aliphatic hydroxyl groups excluding tert-OH is 1. The maximum Gasteiger partial charge on any atom is 0.209 e. The van der Waals surface area contributed by atoms with Crippen molar-refractivity contribution < 1.29 is 22.1 Å². The van der Waals surface area contributed by atoms with Crippen LogP contribution in [-0.2, 0) is 5.41 Å². The molecule has 138 valence electrons. The molecule has 0 aliphatic carbocycles. The highest BCUT2D eigenvalue weighted by Crippen LogP contribution is 2.39. The molecule has 0 bridgehead atoms. The average molecular weight is 371 g/mol. The van der Waals surface area contributed by atoms with Gasteiger partial charge in [-0.25, -0.2) is 0 Å². The lowest BCUT2D eigenvalue weighted by molar-refractivity contribution is -0.401. The molecule has 2 aromatic carbocycles. The lowest BCUT2D eigenvalue weighted by Gasteiger charge is -2.22. The molecule has 2 aromatic rings. The van der Waals surface area contributed by atoms with E-state index in [1.165, 1.54) is 17.0 Å². The van der Waals surface area contributed by atoms with Gasteiger partial charge < -0.3 is 22.4 Å². The van der Waals surface area contributed by atoms with Gasteiger partial charge in [-0.2, -0.15) is 4.58 Å². The molecule has 4 heteroatoms. The number of para-hydroxylation sites is 1. The third-order valence-electron chi connectivity index (χ3n) is 5.23.